The number of nitrogens with zero attached hydrogens (tertiary/aromatic N) is 2. The Bertz CT molecular complexity index is 372. The zero-order chi connectivity index (χ0) is 15.8. The number of hydrogen-bond donors (Lipinski definition) is 2. The average Bonchev–Trinajstić information content (AvgIpc) is 2.59. The molecule has 1 atom stereocenters. The monoisotopic (exact) mass is 313 g/mol. The molecule has 0 aromatic rings. The van der Waals surface area contributed by atoms with Crippen molar-refractivity contribution in [2.45, 2.75) is 31.7 Å². The van der Waals surface area contributed by atoms with Crippen molar-refractivity contribution >= 4 is 11.8 Å². The number of piperidine rings is 1. The van der Waals surface area contributed by atoms with Crippen molar-refractivity contribution in [1.82, 2.24) is 15.1 Å². The molecular formula is C15H27N3O4. The first-order valence-corrected chi connectivity index (χ1v) is 8.22. The molecule has 126 valence electrons. The Balaban J connectivity index is 1.63. The van der Waals surface area contributed by atoms with Crippen LogP contribution in [0.15, 0.2) is 0 Å². The number of likely N-dealkylation sites (tertiary alicyclic amines) is 1. The lowest BCUT2D eigenvalue weighted by molar-refractivity contribution is -0.148. The minimum absolute atomic E-state index is 0.196. The van der Waals surface area contributed by atoms with Gasteiger partial charge >= 0.3 is 11.8 Å². The van der Waals surface area contributed by atoms with Crippen molar-refractivity contribution in [3.05, 3.63) is 0 Å². The fourth-order valence-corrected chi connectivity index (χ4v) is 3.03. The first kappa shape index (κ1) is 17.2. The van der Waals surface area contributed by atoms with Crippen molar-refractivity contribution in [2.24, 2.45) is 0 Å². The van der Waals surface area contributed by atoms with Crippen LogP contribution in [0, 0.1) is 0 Å². The number of carbonyl (C=O) groups is 2. The highest BCUT2D eigenvalue weighted by Crippen LogP contribution is 2.16. The molecule has 0 bridgehead atoms. The van der Waals surface area contributed by atoms with Crippen LogP contribution >= 0.6 is 0 Å². The van der Waals surface area contributed by atoms with Crippen LogP contribution in [0.4, 0.5) is 0 Å². The van der Waals surface area contributed by atoms with Gasteiger partial charge in [-0.1, -0.05) is 6.42 Å². The summed E-state index contributed by atoms with van der Waals surface area (Å²) < 4.78 is 5.16. The molecule has 2 aliphatic heterocycles. The lowest BCUT2D eigenvalue weighted by Gasteiger charge is -2.34. The minimum Gasteiger partial charge on any atom is -0.395 e. The second kappa shape index (κ2) is 9.07. The normalized spacial score (nSPS) is 23.3. The van der Waals surface area contributed by atoms with Crippen molar-refractivity contribution < 1.29 is 19.4 Å². The Kier molecular flexibility index (Phi) is 7.08. The molecule has 2 rings (SSSR count). The fourth-order valence-electron chi connectivity index (χ4n) is 3.03. The first-order valence-electron chi connectivity index (χ1n) is 8.22. The predicted molar refractivity (Wildman–Crippen MR) is 81.3 cm³/mol. The highest BCUT2D eigenvalue weighted by atomic mass is 16.5. The maximum absolute atomic E-state index is 11.9. The number of ether oxygens (including phenoxy) is 1. The van der Waals surface area contributed by atoms with Crippen molar-refractivity contribution in [3.63, 3.8) is 0 Å². The van der Waals surface area contributed by atoms with Gasteiger partial charge in [-0.25, -0.2) is 0 Å². The van der Waals surface area contributed by atoms with Crippen LogP contribution in [0.5, 0.6) is 0 Å². The van der Waals surface area contributed by atoms with Gasteiger partial charge in [-0.2, -0.15) is 0 Å². The highest BCUT2D eigenvalue weighted by Gasteiger charge is 2.24. The molecule has 0 aromatic heterocycles. The van der Waals surface area contributed by atoms with E-state index in [1.165, 1.54) is 17.7 Å². The summed E-state index contributed by atoms with van der Waals surface area (Å²) in [6.45, 7) is 4.50. The van der Waals surface area contributed by atoms with E-state index in [0.717, 1.165) is 25.9 Å². The summed E-state index contributed by atoms with van der Waals surface area (Å²) in [7, 11) is 0. The summed E-state index contributed by atoms with van der Waals surface area (Å²) >= 11 is 0. The minimum atomic E-state index is -0.528. The molecule has 2 aliphatic rings. The van der Waals surface area contributed by atoms with Crippen LogP contribution in [-0.2, 0) is 14.3 Å². The number of rotatable bonds is 5. The standard InChI is InChI=1S/C15H27N3O4/c19-12-13-4-1-2-6-17(13)7-3-5-16-14(20)15(21)18-8-10-22-11-9-18/h13,19H,1-12H2,(H,16,20)/t13-/m1/s1. The lowest BCUT2D eigenvalue weighted by atomic mass is 10.0. The second-order valence-electron chi connectivity index (χ2n) is 5.88. The van der Waals surface area contributed by atoms with E-state index in [1.807, 2.05) is 0 Å². The molecule has 22 heavy (non-hydrogen) atoms. The molecule has 7 nitrogen and oxygen atoms in total. The van der Waals surface area contributed by atoms with Gasteiger partial charge in [0.05, 0.1) is 19.8 Å². The van der Waals surface area contributed by atoms with Crippen LogP contribution in [0.3, 0.4) is 0 Å². The molecule has 2 amide bonds. The van der Waals surface area contributed by atoms with Crippen LogP contribution in [0.25, 0.3) is 0 Å². The third-order valence-corrected chi connectivity index (χ3v) is 4.36. The average molecular weight is 313 g/mol. The van der Waals surface area contributed by atoms with Crippen LogP contribution < -0.4 is 5.32 Å². The molecule has 2 fully saturated rings. The van der Waals surface area contributed by atoms with E-state index in [9.17, 15) is 14.7 Å². The maximum Gasteiger partial charge on any atom is 0.312 e. The molecule has 0 spiro atoms. The summed E-state index contributed by atoms with van der Waals surface area (Å²) in [6, 6.07) is 0.249. The highest BCUT2D eigenvalue weighted by molar-refractivity contribution is 6.35. The first-order chi connectivity index (χ1) is 10.7. The molecule has 2 saturated heterocycles. The third kappa shape index (κ3) is 4.93. The number of aliphatic hydroxyl groups excluding tert-OH is 1. The van der Waals surface area contributed by atoms with Gasteiger partial charge in [0.1, 0.15) is 0 Å². The predicted octanol–water partition coefficient (Wildman–Crippen LogP) is -0.802. The van der Waals surface area contributed by atoms with Crippen molar-refractivity contribution in [2.75, 3.05) is 52.5 Å². The molecule has 7 heteroatoms. The third-order valence-electron chi connectivity index (χ3n) is 4.36. The number of carbonyl (C=O) groups excluding carboxylic acids is 2. The van der Waals surface area contributed by atoms with Crippen LogP contribution in [-0.4, -0.2) is 85.3 Å². The number of nitrogens with one attached hydrogen (secondary N) is 1. The van der Waals surface area contributed by atoms with Crippen LogP contribution in [0.2, 0.25) is 0 Å². The second-order valence-corrected chi connectivity index (χ2v) is 5.88. The van der Waals surface area contributed by atoms with E-state index in [-0.39, 0.29) is 12.6 Å². The number of morpholine rings is 1. The molecule has 0 saturated carbocycles. The van der Waals surface area contributed by atoms with Crippen molar-refractivity contribution in [3.8, 4) is 0 Å². The smallest absolute Gasteiger partial charge is 0.312 e. The lowest BCUT2D eigenvalue weighted by Crippen LogP contribution is -2.48. The quantitative estimate of drug-likeness (QED) is 0.513. The fraction of sp³-hybridized carbons (Fsp3) is 0.867. The van der Waals surface area contributed by atoms with Gasteiger partial charge in [-0.05, 0) is 25.8 Å². The van der Waals surface area contributed by atoms with E-state index < -0.39 is 11.8 Å². The Labute approximate surface area is 131 Å². The van der Waals surface area contributed by atoms with Gasteiger partial charge in [0.15, 0.2) is 0 Å². The Hall–Kier alpha value is -1.18. The molecule has 0 unspecified atom stereocenters. The van der Waals surface area contributed by atoms with Gasteiger partial charge < -0.3 is 20.1 Å². The van der Waals surface area contributed by atoms with E-state index in [2.05, 4.69) is 10.2 Å². The van der Waals surface area contributed by atoms with Crippen molar-refractivity contribution in [1.29, 1.82) is 0 Å². The van der Waals surface area contributed by atoms with E-state index in [0.29, 0.717) is 32.8 Å². The van der Waals surface area contributed by atoms with Gasteiger partial charge in [0.2, 0.25) is 0 Å². The Morgan fingerprint density at radius 1 is 1.18 bits per heavy atom. The number of hydrogen-bond acceptors (Lipinski definition) is 5. The number of amides is 2. The summed E-state index contributed by atoms with van der Waals surface area (Å²) in [5, 5.41) is 12.0. The molecule has 2 N–H and O–H groups in total. The molecule has 0 radical (unpaired) electrons. The van der Waals surface area contributed by atoms with Crippen LogP contribution in [0.1, 0.15) is 25.7 Å². The summed E-state index contributed by atoms with van der Waals surface area (Å²) in [5.74, 6) is -0.992. The molecular weight excluding hydrogens is 286 g/mol. The van der Waals surface area contributed by atoms with Gasteiger partial charge in [0, 0.05) is 32.2 Å². The molecule has 0 aliphatic carbocycles. The largest absolute Gasteiger partial charge is 0.395 e. The number of aliphatic hydroxyl groups is 1. The van der Waals surface area contributed by atoms with E-state index in [4.69, 9.17) is 4.74 Å². The Morgan fingerprint density at radius 3 is 2.68 bits per heavy atom. The van der Waals surface area contributed by atoms with Gasteiger partial charge in [-0.15, -0.1) is 0 Å². The molecule has 2 heterocycles. The zero-order valence-electron chi connectivity index (χ0n) is 13.1. The molecule has 0 aromatic carbocycles. The summed E-state index contributed by atoms with van der Waals surface area (Å²) in [6.07, 6.45) is 4.17. The SMILES string of the molecule is O=C(NCCCN1CCCC[C@@H]1CO)C(=O)N1CCOCC1. The van der Waals surface area contributed by atoms with Gasteiger partial charge in [0.25, 0.3) is 0 Å². The maximum atomic E-state index is 11.9. The van der Waals surface area contributed by atoms with E-state index in [1.54, 1.807) is 0 Å². The van der Waals surface area contributed by atoms with E-state index >= 15 is 0 Å². The zero-order valence-corrected chi connectivity index (χ0v) is 13.1. The topological polar surface area (TPSA) is 82.1 Å². The summed E-state index contributed by atoms with van der Waals surface area (Å²) in [4.78, 5) is 27.5. The summed E-state index contributed by atoms with van der Waals surface area (Å²) in [5.41, 5.74) is 0. The Morgan fingerprint density at radius 2 is 1.95 bits per heavy atom. The van der Waals surface area contributed by atoms with Gasteiger partial charge in [-0.3, -0.25) is 14.5 Å².